The summed E-state index contributed by atoms with van der Waals surface area (Å²) in [7, 11) is 1.57. The van der Waals surface area contributed by atoms with Crippen LogP contribution in [0, 0.1) is 5.41 Å². The third-order valence-corrected chi connectivity index (χ3v) is 7.80. The Bertz CT molecular complexity index is 1360. The van der Waals surface area contributed by atoms with Gasteiger partial charge in [-0.25, -0.2) is 4.79 Å². The van der Waals surface area contributed by atoms with Crippen LogP contribution in [0.2, 0.25) is 0 Å². The van der Waals surface area contributed by atoms with Crippen LogP contribution in [-0.4, -0.2) is 33.7 Å². The summed E-state index contributed by atoms with van der Waals surface area (Å²) in [6, 6.07) is 5.71. The summed E-state index contributed by atoms with van der Waals surface area (Å²) in [5.74, 6) is -0.664. The Kier molecular flexibility index (Phi) is 4.67. The predicted octanol–water partition coefficient (Wildman–Crippen LogP) is 4.92. The molecule has 0 bridgehead atoms. The maximum Gasteiger partial charge on any atom is 0.341 e. The van der Waals surface area contributed by atoms with Gasteiger partial charge in [-0.3, -0.25) is 4.79 Å². The number of hydrogen-bond donors (Lipinski definition) is 2. The molecule has 8 heteroatoms. The van der Waals surface area contributed by atoms with Gasteiger partial charge in [0.15, 0.2) is 5.75 Å². The Morgan fingerprint density at radius 2 is 2.03 bits per heavy atom. The zero-order valence-electron chi connectivity index (χ0n) is 18.1. The van der Waals surface area contributed by atoms with E-state index in [0.29, 0.717) is 22.4 Å². The van der Waals surface area contributed by atoms with E-state index in [0.717, 1.165) is 46.6 Å². The van der Waals surface area contributed by atoms with E-state index < -0.39 is 11.4 Å². The van der Waals surface area contributed by atoms with Gasteiger partial charge in [-0.2, -0.15) is 0 Å². The number of benzene rings is 1. The first-order chi connectivity index (χ1) is 15.3. The van der Waals surface area contributed by atoms with E-state index in [2.05, 4.69) is 19.0 Å². The molecular formula is C24H24N2O5S. The molecule has 1 aromatic carbocycles. The molecule has 7 nitrogen and oxygen atoms in total. The van der Waals surface area contributed by atoms with Crippen molar-refractivity contribution in [2.75, 3.05) is 7.11 Å². The summed E-state index contributed by atoms with van der Waals surface area (Å²) < 4.78 is 7.72. The number of fused-ring (bicyclic) bond motifs is 2. The van der Waals surface area contributed by atoms with E-state index in [4.69, 9.17) is 4.74 Å². The Balaban J connectivity index is 1.77. The van der Waals surface area contributed by atoms with Gasteiger partial charge in [-0.15, -0.1) is 11.3 Å². The van der Waals surface area contributed by atoms with Gasteiger partial charge in [0.25, 0.3) is 0 Å². The van der Waals surface area contributed by atoms with Gasteiger partial charge in [0, 0.05) is 38.5 Å². The van der Waals surface area contributed by atoms with Crippen molar-refractivity contribution in [3.8, 4) is 16.2 Å². The summed E-state index contributed by atoms with van der Waals surface area (Å²) in [6.07, 6.45) is 5.12. The summed E-state index contributed by atoms with van der Waals surface area (Å²) in [4.78, 5) is 26.7. The average Bonchev–Trinajstić information content (AvgIpc) is 3.51. The van der Waals surface area contributed by atoms with Crippen LogP contribution in [0.4, 0.5) is 0 Å². The number of aromatic nitrogens is 1. The highest BCUT2D eigenvalue weighted by molar-refractivity contribution is 7.16. The molecule has 0 radical (unpaired) electrons. The number of aryl methyl sites for hydroxylation is 1. The second-order valence-electron chi connectivity index (χ2n) is 9.14. The molecule has 0 spiro atoms. The Morgan fingerprint density at radius 3 is 2.66 bits per heavy atom. The number of pyridine rings is 1. The van der Waals surface area contributed by atoms with Crippen molar-refractivity contribution in [2.45, 2.75) is 45.6 Å². The van der Waals surface area contributed by atoms with Crippen LogP contribution in [0.25, 0.3) is 21.3 Å². The van der Waals surface area contributed by atoms with Crippen LogP contribution in [-0.2, 0) is 6.42 Å². The van der Waals surface area contributed by atoms with Crippen molar-refractivity contribution < 1.29 is 19.8 Å². The standard InChI is InChI=1S/C24H24N2O5S/c1-24(2)9-8-17-15(22(24)25-30)10-18(32-17)13-6-7-14-19(21(13)31-3)26(12-4-5-12)11-16(20(14)27)23(28)29/h6-7,10-12,30H,4-5,8-9H2,1-3H3,(H,28,29). The van der Waals surface area contributed by atoms with Crippen LogP contribution < -0.4 is 10.2 Å². The fraction of sp³-hybridized carbons (Fsp3) is 0.375. The first-order valence-corrected chi connectivity index (χ1v) is 11.4. The van der Waals surface area contributed by atoms with Crippen molar-refractivity contribution in [2.24, 2.45) is 10.6 Å². The third-order valence-electron chi connectivity index (χ3n) is 6.57. The van der Waals surface area contributed by atoms with Crippen molar-refractivity contribution >= 4 is 33.9 Å². The second-order valence-corrected chi connectivity index (χ2v) is 10.3. The minimum Gasteiger partial charge on any atom is -0.494 e. The van der Waals surface area contributed by atoms with Crippen LogP contribution in [0.1, 0.15) is 60.0 Å². The lowest BCUT2D eigenvalue weighted by atomic mass is 9.75. The molecule has 1 fully saturated rings. The highest BCUT2D eigenvalue weighted by Gasteiger charge is 2.35. The van der Waals surface area contributed by atoms with Crippen LogP contribution in [0.3, 0.4) is 0 Å². The van der Waals surface area contributed by atoms with Gasteiger partial charge < -0.3 is 19.6 Å². The molecule has 1 saturated carbocycles. The summed E-state index contributed by atoms with van der Waals surface area (Å²) in [6.45, 7) is 4.15. The number of oxime groups is 1. The molecule has 0 aliphatic heterocycles. The quantitative estimate of drug-likeness (QED) is 0.432. The SMILES string of the molecule is COc1c(-c2cc3c(s2)CCC(C)(C)C3=NO)ccc2c(=O)c(C(=O)O)cn(C3CC3)c12. The number of carbonyl (C=O) groups is 1. The van der Waals surface area contributed by atoms with Gasteiger partial charge in [0.1, 0.15) is 5.56 Å². The molecule has 2 aliphatic carbocycles. The van der Waals surface area contributed by atoms with E-state index in [9.17, 15) is 19.9 Å². The third kappa shape index (κ3) is 3.04. The van der Waals surface area contributed by atoms with Crippen LogP contribution in [0.15, 0.2) is 34.3 Å². The molecule has 0 saturated heterocycles. The normalized spacial score (nSPS) is 18.7. The number of methoxy groups -OCH3 is 1. The van der Waals surface area contributed by atoms with Gasteiger partial charge in [-0.05, 0) is 43.9 Å². The summed E-state index contributed by atoms with van der Waals surface area (Å²) in [5.41, 5.74) is 2.16. The maximum atomic E-state index is 12.9. The fourth-order valence-electron chi connectivity index (χ4n) is 4.66. The smallest absolute Gasteiger partial charge is 0.341 e. The maximum absolute atomic E-state index is 12.9. The van der Waals surface area contributed by atoms with Crippen molar-refractivity contribution in [1.82, 2.24) is 4.57 Å². The lowest BCUT2D eigenvalue weighted by Gasteiger charge is -2.29. The van der Waals surface area contributed by atoms with Gasteiger partial charge in [0.05, 0.1) is 23.7 Å². The van der Waals surface area contributed by atoms with Crippen molar-refractivity contribution in [3.63, 3.8) is 0 Å². The van der Waals surface area contributed by atoms with Gasteiger partial charge in [0.2, 0.25) is 5.43 Å². The average molecular weight is 453 g/mol. The number of rotatable bonds is 4. The number of aromatic carboxylic acids is 1. The molecule has 0 unspecified atom stereocenters. The highest BCUT2D eigenvalue weighted by atomic mass is 32.1. The van der Waals surface area contributed by atoms with E-state index in [-0.39, 0.29) is 17.0 Å². The second kappa shape index (κ2) is 7.20. The molecule has 2 N–H and O–H groups in total. The van der Waals surface area contributed by atoms with E-state index in [1.54, 1.807) is 24.5 Å². The van der Waals surface area contributed by atoms with Crippen molar-refractivity contribution in [1.29, 1.82) is 0 Å². The van der Waals surface area contributed by atoms with E-state index in [1.165, 1.54) is 6.20 Å². The minimum atomic E-state index is -1.22. The molecular weight excluding hydrogens is 428 g/mol. The molecule has 2 heterocycles. The predicted molar refractivity (Wildman–Crippen MR) is 124 cm³/mol. The number of carboxylic acid groups (broad SMARTS) is 1. The molecule has 0 amide bonds. The summed E-state index contributed by atoms with van der Waals surface area (Å²) >= 11 is 1.64. The summed E-state index contributed by atoms with van der Waals surface area (Å²) in [5, 5.41) is 23.2. The number of nitrogens with zero attached hydrogens (tertiary/aromatic N) is 2. The molecule has 2 aromatic heterocycles. The lowest BCUT2D eigenvalue weighted by molar-refractivity contribution is 0.0695. The Hall–Kier alpha value is -3.13. The molecule has 5 rings (SSSR count). The first-order valence-electron chi connectivity index (χ1n) is 10.6. The first kappa shape index (κ1) is 20.8. The number of hydrogen-bond acceptors (Lipinski definition) is 6. The molecule has 0 atom stereocenters. The number of carboxylic acids is 1. The zero-order chi connectivity index (χ0) is 22.8. The lowest BCUT2D eigenvalue weighted by Crippen LogP contribution is -2.30. The Labute approximate surface area is 188 Å². The zero-order valence-corrected chi connectivity index (χ0v) is 19.0. The monoisotopic (exact) mass is 452 g/mol. The topological polar surface area (TPSA) is 101 Å². The van der Waals surface area contributed by atoms with Crippen LogP contribution >= 0.6 is 11.3 Å². The molecule has 2 aliphatic rings. The van der Waals surface area contributed by atoms with Gasteiger partial charge >= 0.3 is 5.97 Å². The fourth-order valence-corrected chi connectivity index (χ4v) is 5.84. The van der Waals surface area contributed by atoms with Gasteiger partial charge in [-0.1, -0.05) is 19.0 Å². The van der Waals surface area contributed by atoms with Crippen molar-refractivity contribution in [3.05, 3.63) is 50.6 Å². The molecule has 166 valence electrons. The molecule has 3 aromatic rings. The largest absolute Gasteiger partial charge is 0.494 e. The highest BCUT2D eigenvalue weighted by Crippen LogP contribution is 2.47. The number of ether oxygens (including phenoxy) is 1. The van der Waals surface area contributed by atoms with Crippen LogP contribution in [0.5, 0.6) is 5.75 Å². The van der Waals surface area contributed by atoms with E-state index >= 15 is 0 Å². The number of thiophene rings is 1. The molecule has 32 heavy (non-hydrogen) atoms. The Morgan fingerprint density at radius 1 is 1.28 bits per heavy atom. The minimum absolute atomic E-state index is 0.158. The van der Waals surface area contributed by atoms with E-state index in [1.807, 2.05) is 16.7 Å².